The molecule has 0 saturated heterocycles. The largest absolute Gasteiger partial charge is 0.390 e. The van der Waals surface area contributed by atoms with Crippen LogP contribution in [-0.4, -0.2) is 35.7 Å². The quantitative estimate of drug-likeness (QED) is 0.843. The Morgan fingerprint density at radius 2 is 2.30 bits per heavy atom. The number of hydrogen-bond donors (Lipinski definition) is 2. The number of likely N-dealkylation sites (N-methyl/N-ethyl adjacent to an activating group) is 1. The van der Waals surface area contributed by atoms with E-state index in [0.717, 1.165) is 11.1 Å². The molecule has 4 nitrogen and oxygen atoms in total. The van der Waals surface area contributed by atoms with E-state index in [4.69, 9.17) is 23.2 Å². The van der Waals surface area contributed by atoms with Crippen LogP contribution < -0.4 is 5.32 Å². The van der Waals surface area contributed by atoms with Crippen molar-refractivity contribution >= 4 is 29.2 Å². The van der Waals surface area contributed by atoms with Crippen LogP contribution in [0.1, 0.15) is 17.2 Å². The van der Waals surface area contributed by atoms with Crippen LogP contribution >= 0.6 is 23.2 Å². The van der Waals surface area contributed by atoms with Gasteiger partial charge in [0.2, 0.25) is 0 Å². The van der Waals surface area contributed by atoms with Gasteiger partial charge in [0.25, 0.3) is 0 Å². The highest BCUT2D eigenvalue weighted by atomic mass is 35.5. The molecule has 1 aromatic carbocycles. The van der Waals surface area contributed by atoms with E-state index in [-0.39, 0.29) is 6.03 Å². The maximum Gasteiger partial charge on any atom is 0.317 e. The molecule has 0 radical (unpaired) electrons. The van der Waals surface area contributed by atoms with E-state index in [2.05, 4.69) is 11.9 Å². The van der Waals surface area contributed by atoms with Gasteiger partial charge in [-0.05, 0) is 23.3 Å². The summed E-state index contributed by atoms with van der Waals surface area (Å²) in [5, 5.41) is 13.9. The number of halogens is 2. The van der Waals surface area contributed by atoms with Crippen molar-refractivity contribution in [1.29, 1.82) is 0 Å². The van der Waals surface area contributed by atoms with Gasteiger partial charge in [-0.2, -0.15) is 0 Å². The van der Waals surface area contributed by atoms with E-state index in [1.807, 2.05) is 0 Å². The minimum atomic E-state index is -0.694. The Morgan fingerprint density at radius 3 is 2.95 bits per heavy atom. The van der Waals surface area contributed by atoms with Gasteiger partial charge in [-0.15, -0.1) is 6.58 Å². The monoisotopic (exact) mass is 314 g/mol. The van der Waals surface area contributed by atoms with Crippen LogP contribution in [0, 0.1) is 0 Å². The van der Waals surface area contributed by atoms with Crippen LogP contribution in [0.5, 0.6) is 0 Å². The second kappa shape index (κ2) is 6.04. The summed E-state index contributed by atoms with van der Waals surface area (Å²) >= 11 is 12.2. The van der Waals surface area contributed by atoms with Gasteiger partial charge in [-0.3, -0.25) is 0 Å². The van der Waals surface area contributed by atoms with Crippen molar-refractivity contribution < 1.29 is 9.90 Å². The Labute approximate surface area is 128 Å². The molecule has 2 atom stereocenters. The summed E-state index contributed by atoms with van der Waals surface area (Å²) in [5.74, 6) is 0. The van der Waals surface area contributed by atoms with Crippen molar-refractivity contribution in [3.05, 3.63) is 46.0 Å². The average molecular weight is 315 g/mol. The van der Waals surface area contributed by atoms with Crippen molar-refractivity contribution in [3.8, 4) is 0 Å². The second-order valence-corrected chi connectivity index (χ2v) is 5.60. The molecule has 1 aliphatic carbocycles. The van der Waals surface area contributed by atoms with Gasteiger partial charge in [0, 0.05) is 30.1 Å². The third-order valence-corrected chi connectivity index (χ3v) is 3.98. The van der Waals surface area contributed by atoms with Gasteiger partial charge in [0.15, 0.2) is 0 Å². The van der Waals surface area contributed by atoms with Gasteiger partial charge in [-0.1, -0.05) is 29.3 Å². The van der Waals surface area contributed by atoms with E-state index in [1.165, 1.54) is 4.90 Å². The smallest absolute Gasteiger partial charge is 0.317 e. The second-order valence-electron chi connectivity index (χ2n) is 4.76. The van der Waals surface area contributed by atoms with E-state index in [1.54, 1.807) is 25.3 Å². The number of amides is 2. The SMILES string of the molecule is C=CCNC(=O)N(C)[C@H]1c2cc(Cl)cc(Cl)c2C[C@H]1O. The zero-order valence-corrected chi connectivity index (χ0v) is 12.6. The fraction of sp³-hybridized carbons (Fsp3) is 0.357. The number of rotatable bonds is 3. The van der Waals surface area contributed by atoms with Crippen molar-refractivity contribution in [2.45, 2.75) is 18.6 Å². The number of hydrogen-bond acceptors (Lipinski definition) is 2. The zero-order valence-electron chi connectivity index (χ0n) is 11.1. The standard InChI is InChI=1S/C14H16Cl2N2O2/c1-3-4-17-14(20)18(2)13-10-5-8(15)6-11(16)9(10)7-12(13)19/h3,5-6,12-13,19H,1,4,7H2,2H3,(H,17,20)/t12-,13+/m1/s1. The minimum Gasteiger partial charge on any atom is -0.390 e. The molecule has 2 amide bonds. The summed E-state index contributed by atoms with van der Waals surface area (Å²) in [7, 11) is 1.64. The minimum absolute atomic E-state index is 0.280. The zero-order chi connectivity index (χ0) is 14.9. The van der Waals surface area contributed by atoms with Crippen molar-refractivity contribution in [2.75, 3.05) is 13.6 Å². The summed E-state index contributed by atoms with van der Waals surface area (Å²) in [5.41, 5.74) is 1.64. The molecule has 0 heterocycles. The van der Waals surface area contributed by atoms with E-state index >= 15 is 0 Å². The third kappa shape index (κ3) is 2.77. The number of aliphatic hydroxyl groups excluding tert-OH is 1. The normalized spacial score (nSPS) is 20.4. The Balaban J connectivity index is 2.30. The molecule has 0 spiro atoms. The Kier molecular flexibility index (Phi) is 4.58. The molecule has 2 N–H and O–H groups in total. The van der Waals surface area contributed by atoms with E-state index < -0.39 is 12.1 Å². The Bertz CT molecular complexity index is 548. The van der Waals surface area contributed by atoms with E-state index in [0.29, 0.717) is 23.0 Å². The molecule has 20 heavy (non-hydrogen) atoms. The molecule has 1 aliphatic rings. The van der Waals surface area contributed by atoms with Crippen LogP contribution in [0.2, 0.25) is 10.0 Å². The molecular weight excluding hydrogens is 299 g/mol. The highest BCUT2D eigenvalue weighted by molar-refractivity contribution is 6.35. The van der Waals surface area contributed by atoms with Crippen LogP contribution in [-0.2, 0) is 6.42 Å². The molecule has 2 rings (SSSR count). The Morgan fingerprint density at radius 1 is 1.60 bits per heavy atom. The number of urea groups is 1. The fourth-order valence-electron chi connectivity index (χ4n) is 2.51. The predicted octanol–water partition coefficient (Wildman–Crippen LogP) is 2.78. The molecule has 0 unspecified atom stereocenters. The maximum absolute atomic E-state index is 12.0. The predicted molar refractivity (Wildman–Crippen MR) is 80.3 cm³/mol. The summed E-state index contributed by atoms with van der Waals surface area (Å²) in [6.07, 6.45) is 1.31. The fourth-order valence-corrected chi connectivity index (χ4v) is 3.09. The number of nitrogens with zero attached hydrogens (tertiary/aromatic N) is 1. The van der Waals surface area contributed by atoms with Gasteiger partial charge < -0.3 is 15.3 Å². The number of carbonyl (C=O) groups is 1. The summed E-state index contributed by atoms with van der Waals surface area (Å²) in [6.45, 7) is 3.92. The van der Waals surface area contributed by atoms with Crippen molar-refractivity contribution in [2.24, 2.45) is 0 Å². The molecule has 0 fully saturated rings. The maximum atomic E-state index is 12.0. The molecule has 0 saturated carbocycles. The van der Waals surface area contributed by atoms with Crippen LogP contribution in [0.25, 0.3) is 0 Å². The Hall–Kier alpha value is -1.23. The molecular formula is C14H16Cl2N2O2. The molecule has 108 valence electrons. The van der Waals surface area contributed by atoms with Crippen molar-refractivity contribution in [1.82, 2.24) is 10.2 Å². The first-order chi connectivity index (χ1) is 9.45. The van der Waals surface area contributed by atoms with Gasteiger partial charge in [-0.25, -0.2) is 4.79 Å². The molecule has 0 aromatic heterocycles. The molecule has 0 bridgehead atoms. The topological polar surface area (TPSA) is 52.6 Å². The van der Waals surface area contributed by atoms with Crippen LogP contribution in [0.4, 0.5) is 4.79 Å². The number of aliphatic hydroxyl groups is 1. The average Bonchev–Trinajstić information content (AvgIpc) is 2.71. The first kappa shape index (κ1) is 15.2. The lowest BCUT2D eigenvalue weighted by atomic mass is 10.1. The van der Waals surface area contributed by atoms with Crippen LogP contribution in [0.15, 0.2) is 24.8 Å². The summed E-state index contributed by atoms with van der Waals surface area (Å²) < 4.78 is 0. The summed E-state index contributed by atoms with van der Waals surface area (Å²) in [4.78, 5) is 13.5. The molecule has 0 aliphatic heterocycles. The van der Waals surface area contributed by atoms with Crippen LogP contribution in [0.3, 0.4) is 0 Å². The van der Waals surface area contributed by atoms with E-state index in [9.17, 15) is 9.90 Å². The van der Waals surface area contributed by atoms with Crippen molar-refractivity contribution in [3.63, 3.8) is 0 Å². The lowest BCUT2D eigenvalue weighted by Crippen LogP contribution is -2.42. The van der Waals surface area contributed by atoms with Gasteiger partial charge in [0.1, 0.15) is 0 Å². The lowest BCUT2D eigenvalue weighted by Gasteiger charge is -2.28. The third-order valence-electron chi connectivity index (χ3n) is 3.43. The summed E-state index contributed by atoms with van der Waals surface area (Å²) in [6, 6.07) is 2.67. The first-order valence-corrected chi connectivity index (χ1v) is 6.98. The first-order valence-electron chi connectivity index (χ1n) is 6.23. The number of fused-ring (bicyclic) bond motifs is 1. The highest BCUT2D eigenvalue weighted by Crippen LogP contribution is 2.40. The number of benzene rings is 1. The molecule has 1 aromatic rings. The number of nitrogens with one attached hydrogen (secondary N) is 1. The van der Waals surface area contributed by atoms with Gasteiger partial charge >= 0.3 is 6.03 Å². The molecule has 6 heteroatoms. The van der Waals surface area contributed by atoms with Gasteiger partial charge in [0.05, 0.1) is 12.1 Å². The highest BCUT2D eigenvalue weighted by Gasteiger charge is 2.37. The number of carbonyl (C=O) groups excluding carboxylic acids is 1. The lowest BCUT2D eigenvalue weighted by molar-refractivity contribution is 0.0896.